The summed E-state index contributed by atoms with van der Waals surface area (Å²) in [5.74, 6) is 0. The molecule has 3 aromatic heterocycles. The van der Waals surface area contributed by atoms with E-state index in [9.17, 15) is 19.7 Å². The van der Waals surface area contributed by atoms with Crippen LogP contribution in [0.3, 0.4) is 0 Å². The largest absolute Gasteiger partial charge is 0.571 e. The van der Waals surface area contributed by atoms with Crippen molar-refractivity contribution >= 4 is 24.8 Å². The molecule has 0 radical (unpaired) electrons. The fraction of sp³-hybridized carbons (Fsp3) is 0.375. The average molecular weight is 517 g/mol. The molecule has 192 valence electrons. The average Bonchev–Trinajstić information content (AvgIpc) is 3.24. The summed E-state index contributed by atoms with van der Waals surface area (Å²) in [4.78, 5) is 41.4. The molecule has 0 amide bonds. The van der Waals surface area contributed by atoms with Gasteiger partial charge in [-0.15, -0.1) is 4.52 Å². The van der Waals surface area contributed by atoms with Gasteiger partial charge in [-0.1, -0.05) is 18.2 Å². The number of rotatable bonds is 10. The Balaban J connectivity index is 1.68. The van der Waals surface area contributed by atoms with Gasteiger partial charge < -0.3 is 9.84 Å². The van der Waals surface area contributed by atoms with Crippen molar-refractivity contribution in [3.05, 3.63) is 71.2 Å². The maximum atomic E-state index is 13.5. The lowest BCUT2D eigenvalue weighted by molar-refractivity contribution is 0.0129. The maximum absolute atomic E-state index is 13.5. The zero-order valence-electron chi connectivity index (χ0n) is 20.3. The van der Waals surface area contributed by atoms with Crippen molar-refractivity contribution < 1.29 is 28.7 Å². The second kappa shape index (κ2) is 10.7. The van der Waals surface area contributed by atoms with Crippen molar-refractivity contribution in [1.82, 2.24) is 19.1 Å². The van der Waals surface area contributed by atoms with E-state index in [1.807, 2.05) is 30.5 Å². The zero-order valence-corrected chi connectivity index (χ0v) is 21.2. The van der Waals surface area contributed by atoms with Gasteiger partial charge in [0.25, 0.3) is 5.56 Å². The Hall–Kier alpha value is -2.76. The van der Waals surface area contributed by atoms with Gasteiger partial charge in [0, 0.05) is 18.0 Å². The van der Waals surface area contributed by atoms with E-state index in [2.05, 4.69) is 14.5 Å². The summed E-state index contributed by atoms with van der Waals surface area (Å²) in [6.07, 6.45) is 13.3. The summed E-state index contributed by atoms with van der Waals surface area (Å²) < 4.78 is 18.3. The van der Waals surface area contributed by atoms with Gasteiger partial charge in [-0.25, -0.2) is 4.98 Å². The number of ether oxygens (including phenoxy) is 1. The predicted octanol–water partition coefficient (Wildman–Crippen LogP) is 2.75. The Morgan fingerprint density at radius 3 is 2.75 bits per heavy atom. The molecule has 0 spiro atoms. The van der Waals surface area contributed by atoms with Crippen LogP contribution in [0.1, 0.15) is 32.3 Å². The molecule has 1 atom stereocenters. The van der Waals surface area contributed by atoms with Crippen LogP contribution in [0.4, 0.5) is 0 Å². The minimum Gasteiger partial charge on any atom is -0.390 e. The molecule has 0 aliphatic heterocycles. The van der Waals surface area contributed by atoms with E-state index in [4.69, 9.17) is 9.26 Å². The highest BCUT2D eigenvalue weighted by atomic mass is 31.2. The number of aromatic nitrogens is 4. The minimum absolute atomic E-state index is 0.133. The standard InChI is InChI=1S/C24H30N4O7P/c1-24(2,30)10-12-34-19-8-6-17(7-9-19)20-14-28(18-5-4-11-25-13-18)22-21(20)23(29)27(15-26-22)16-35-36(31,32)33-3/h4-8,11,13-15,19,30-32H,9-10,12,16H2,1-3H3/q+1. The molecular formula is C24H30N4O7P+. The lowest BCUT2D eigenvalue weighted by Gasteiger charge is -2.21. The maximum Gasteiger partial charge on any atom is 0.571 e. The molecule has 11 nitrogen and oxygen atoms in total. The van der Waals surface area contributed by atoms with Gasteiger partial charge in [-0.2, -0.15) is 14.3 Å². The molecule has 0 fully saturated rings. The van der Waals surface area contributed by atoms with Gasteiger partial charge in [0.1, 0.15) is 6.33 Å². The van der Waals surface area contributed by atoms with Crippen molar-refractivity contribution in [3.63, 3.8) is 0 Å². The Morgan fingerprint density at radius 2 is 2.11 bits per heavy atom. The zero-order chi connectivity index (χ0) is 25.9. The van der Waals surface area contributed by atoms with Gasteiger partial charge in [0.15, 0.2) is 12.4 Å². The second-order valence-corrected chi connectivity index (χ2v) is 10.6. The van der Waals surface area contributed by atoms with E-state index >= 15 is 0 Å². The summed E-state index contributed by atoms with van der Waals surface area (Å²) in [5.41, 5.74) is 1.45. The summed E-state index contributed by atoms with van der Waals surface area (Å²) in [5, 5.41) is 10.2. The van der Waals surface area contributed by atoms with Gasteiger partial charge in [-0.05, 0) is 44.4 Å². The van der Waals surface area contributed by atoms with E-state index in [1.165, 1.54) is 6.33 Å². The number of allylic oxidation sites excluding steroid dienone is 2. The number of aliphatic hydroxyl groups is 1. The number of hydrogen-bond donors (Lipinski definition) is 3. The summed E-state index contributed by atoms with van der Waals surface area (Å²) in [6, 6.07) is 3.65. The second-order valence-electron chi connectivity index (χ2n) is 9.00. The molecule has 0 saturated carbocycles. The highest BCUT2D eigenvalue weighted by molar-refractivity contribution is 7.54. The van der Waals surface area contributed by atoms with Crippen molar-refractivity contribution in [2.24, 2.45) is 0 Å². The summed E-state index contributed by atoms with van der Waals surface area (Å²) in [7, 11) is -2.93. The predicted molar refractivity (Wildman–Crippen MR) is 135 cm³/mol. The fourth-order valence-corrected chi connectivity index (χ4v) is 4.11. The third-order valence-electron chi connectivity index (χ3n) is 5.72. The third-order valence-corrected chi connectivity index (χ3v) is 6.65. The highest BCUT2D eigenvalue weighted by Crippen LogP contribution is 2.51. The molecule has 0 saturated heterocycles. The van der Waals surface area contributed by atoms with E-state index < -0.39 is 26.1 Å². The first-order chi connectivity index (χ1) is 17.1. The van der Waals surface area contributed by atoms with Crippen LogP contribution in [0.15, 0.2) is 60.1 Å². The lowest BCUT2D eigenvalue weighted by atomic mass is 9.98. The monoisotopic (exact) mass is 517 g/mol. The fourth-order valence-electron chi connectivity index (χ4n) is 3.73. The van der Waals surface area contributed by atoms with Crippen LogP contribution in [-0.4, -0.2) is 59.4 Å². The summed E-state index contributed by atoms with van der Waals surface area (Å²) >= 11 is 0. The van der Waals surface area contributed by atoms with Gasteiger partial charge in [0.2, 0.25) is 0 Å². The molecule has 3 aromatic rings. The van der Waals surface area contributed by atoms with E-state index in [0.29, 0.717) is 36.0 Å². The molecule has 3 heterocycles. The number of pyridine rings is 1. The Kier molecular flexibility index (Phi) is 7.82. The summed E-state index contributed by atoms with van der Waals surface area (Å²) in [6.45, 7) is 3.47. The van der Waals surface area contributed by atoms with E-state index in [1.54, 1.807) is 36.9 Å². The molecule has 0 bridgehead atoms. The van der Waals surface area contributed by atoms with Gasteiger partial charge in [0.05, 0.1) is 42.7 Å². The molecule has 3 N–H and O–H groups in total. The van der Waals surface area contributed by atoms with Crippen LogP contribution >= 0.6 is 8.17 Å². The van der Waals surface area contributed by atoms with Crippen LogP contribution in [0, 0.1) is 0 Å². The van der Waals surface area contributed by atoms with Crippen molar-refractivity contribution in [1.29, 1.82) is 0 Å². The Labute approximate surface area is 208 Å². The van der Waals surface area contributed by atoms with Crippen LogP contribution in [0.25, 0.3) is 22.3 Å². The van der Waals surface area contributed by atoms with Crippen molar-refractivity contribution in [3.8, 4) is 5.69 Å². The van der Waals surface area contributed by atoms with Crippen LogP contribution in [-0.2, 0) is 20.5 Å². The molecule has 1 aliphatic rings. The quantitative estimate of drug-likeness (QED) is 0.346. The van der Waals surface area contributed by atoms with Crippen LogP contribution < -0.4 is 5.56 Å². The normalized spacial score (nSPS) is 16.5. The van der Waals surface area contributed by atoms with Crippen molar-refractivity contribution in [2.75, 3.05) is 13.7 Å². The Morgan fingerprint density at radius 1 is 1.31 bits per heavy atom. The highest BCUT2D eigenvalue weighted by Gasteiger charge is 2.38. The van der Waals surface area contributed by atoms with Crippen LogP contribution in [0.5, 0.6) is 0 Å². The number of fused-ring (bicyclic) bond motifs is 1. The van der Waals surface area contributed by atoms with Gasteiger partial charge in [-0.3, -0.25) is 18.9 Å². The molecule has 1 unspecified atom stereocenters. The smallest absolute Gasteiger partial charge is 0.390 e. The molecule has 4 rings (SSSR count). The molecule has 12 heteroatoms. The third kappa shape index (κ3) is 6.13. The van der Waals surface area contributed by atoms with Crippen LogP contribution in [0.2, 0.25) is 0 Å². The lowest BCUT2D eigenvalue weighted by Crippen LogP contribution is -2.23. The molecular weight excluding hydrogens is 487 g/mol. The Bertz CT molecular complexity index is 1330. The number of hydrogen-bond acceptors (Lipinski definition) is 9. The minimum atomic E-state index is -4.03. The first-order valence-electron chi connectivity index (χ1n) is 11.4. The molecule has 36 heavy (non-hydrogen) atoms. The molecule has 0 aromatic carbocycles. The molecule has 1 aliphatic carbocycles. The number of nitrogens with zero attached hydrogens (tertiary/aromatic N) is 4. The van der Waals surface area contributed by atoms with Gasteiger partial charge >= 0.3 is 8.17 Å². The topological polar surface area (TPSA) is 141 Å². The van der Waals surface area contributed by atoms with E-state index in [-0.39, 0.29) is 6.10 Å². The SMILES string of the molecule is CO[P+](O)(O)OCn1cnc2c(c(C3=CCC(OCCC(C)(C)O)C=C3)cn2-c2cccnc2)c1=O. The van der Waals surface area contributed by atoms with E-state index in [0.717, 1.165) is 22.9 Å². The first-order valence-corrected chi connectivity index (χ1v) is 12.9. The van der Waals surface area contributed by atoms with Crippen molar-refractivity contribution in [2.45, 2.75) is 45.1 Å². The first kappa shape index (κ1) is 26.3.